The smallest absolute Gasteiger partial charge is 0.106 e. The van der Waals surface area contributed by atoms with E-state index >= 15 is 0 Å². The van der Waals surface area contributed by atoms with Crippen molar-refractivity contribution in [1.82, 2.24) is 0 Å². The van der Waals surface area contributed by atoms with E-state index in [-0.39, 0.29) is 38.6 Å². The summed E-state index contributed by atoms with van der Waals surface area (Å²) in [5, 5.41) is 10.9. The van der Waals surface area contributed by atoms with Gasteiger partial charge in [0.05, 0.1) is 0 Å². The van der Waals surface area contributed by atoms with Crippen LogP contribution in [0.4, 0.5) is 0 Å². The van der Waals surface area contributed by atoms with Crippen LogP contribution in [0.15, 0.2) is 45.6 Å². The van der Waals surface area contributed by atoms with Gasteiger partial charge in [-0.2, -0.15) is 0 Å². The van der Waals surface area contributed by atoms with Gasteiger partial charge in [0, 0.05) is 26.2 Å². The van der Waals surface area contributed by atoms with Crippen LogP contribution in [-0.4, -0.2) is 10.7 Å². The molecule has 2 aliphatic rings. The first kappa shape index (κ1) is 19.1. The monoisotopic (exact) mass is 356 g/mol. The van der Waals surface area contributed by atoms with Crippen molar-refractivity contribution in [2.45, 2.75) is 53.1 Å². The summed E-state index contributed by atoms with van der Waals surface area (Å²) in [6.45, 7) is 10.4. The molecule has 0 unspecified atom stereocenters. The van der Waals surface area contributed by atoms with Crippen molar-refractivity contribution >= 4 is 12.4 Å². The first-order valence-electron chi connectivity index (χ1n) is 6.32. The van der Waals surface area contributed by atoms with Gasteiger partial charge in [0.1, 0.15) is 5.60 Å². The van der Waals surface area contributed by atoms with E-state index in [4.69, 9.17) is 0 Å². The molecule has 1 nitrogen and oxygen atoms in total. The van der Waals surface area contributed by atoms with Gasteiger partial charge in [-0.15, -0.1) is 12.4 Å². The van der Waals surface area contributed by atoms with Crippen LogP contribution in [0.1, 0.15) is 47.5 Å². The van der Waals surface area contributed by atoms with Gasteiger partial charge in [-0.05, 0) is 69.8 Å². The van der Waals surface area contributed by atoms with Crippen molar-refractivity contribution in [2.75, 3.05) is 0 Å². The molecule has 0 spiro atoms. The second-order valence-electron chi connectivity index (χ2n) is 5.46. The zero-order valence-corrected chi connectivity index (χ0v) is 15.7. The van der Waals surface area contributed by atoms with Gasteiger partial charge in [0.25, 0.3) is 0 Å². The number of halogens is 1. The minimum Gasteiger partial charge on any atom is -0.381 e. The number of aliphatic hydroxyl groups is 1. The summed E-state index contributed by atoms with van der Waals surface area (Å²) in [4.78, 5) is 0. The van der Waals surface area contributed by atoms with Crippen LogP contribution in [0.25, 0.3) is 0 Å². The summed E-state index contributed by atoms with van der Waals surface area (Å²) in [7, 11) is 0. The molecule has 0 bridgehead atoms. The maximum Gasteiger partial charge on any atom is 0.106 e. The molecule has 0 atom stereocenters. The molecule has 0 aromatic rings. The quantitative estimate of drug-likeness (QED) is 0.771. The molecule has 2 aliphatic carbocycles. The van der Waals surface area contributed by atoms with E-state index in [0.29, 0.717) is 0 Å². The summed E-state index contributed by atoms with van der Waals surface area (Å²) >= 11 is 0. The van der Waals surface area contributed by atoms with Crippen LogP contribution in [0.5, 0.6) is 0 Å². The Kier molecular flexibility index (Phi) is 6.73. The van der Waals surface area contributed by atoms with E-state index in [2.05, 4.69) is 39.8 Å². The van der Waals surface area contributed by atoms with Crippen LogP contribution < -0.4 is 0 Å². The Morgan fingerprint density at radius 1 is 0.895 bits per heavy atom. The molecule has 19 heavy (non-hydrogen) atoms. The van der Waals surface area contributed by atoms with Crippen LogP contribution >= 0.6 is 12.4 Å². The SMILES string of the molecule is CC1=CCC(C(C)(O)C2=C(C)C(C)=CC2)=C1C.Cl.[Zr]. The zero-order chi connectivity index (χ0) is 12.8. The third kappa shape index (κ3) is 3.23. The molecular weight excluding hydrogens is 335 g/mol. The average Bonchev–Trinajstić information content (AvgIpc) is 2.75. The molecule has 0 amide bonds. The summed E-state index contributed by atoms with van der Waals surface area (Å²) < 4.78 is 0. The van der Waals surface area contributed by atoms with Crippen molar-refractivity contribution in [2.24, 2.45) is 0 Å². The predicted octanol–water partition coefficient (Wildman–Crippen LogP) is 4.49. The summed E-state index contributed by atoms with van der Waals surface area (Å²) in [6.07, 6.45) is 6.20. The number of hydrogen-bond acceptors (Lipinski definition) is 1. The fourth-order valence-electron chi connectivity index (χ4n) is 2.91. The topological polar surface area (TPSA) is 20.2 Å². The standard InChI is InChI=1S/C16H22O.ClH.Zr/c1-10-6-8-14(12(10)3)16(5,17)15-9-7-11(2)13(15)4;;/h6-7,17H,8-9H2,1-5H3;1H;. The Morgan fingerprint density at radius 2 is 1.21 bits per heavy atom. The van der Waals surface area contributed by atoms with Gasteiger partial charge in [-0.3, -0.25) is 0 Å². The fourth-order valence-corrected chi connectivity index (χ4v) is 2.91. The van der Waals surface area contributed by atoms with Gasteiger partial charge in [-0.1, -0.05) is 23.3 Å². The fraction of sp³-hybridized carbons (Fsp3) is 0.500. The average molecular weight is 358 g/mol. The van der Waals surface area contributed by atoms with Gasteiger partial charge in [-0.25, -0.2) is 0 Å². The second-order valence-corrected chi connectivity index (χ2v) is 5.46. The first-order chi connectivity index (χ1) is 7.85. The van der Waals surface area contributed by atoms with E-state index in [0.717, 1.165) is 12.8 Å². The Bertz CT molecular complexity index is 449. The maximum absolute atomic E-state index is 10.9. The van der Waals surface area contributed by atoms with Crippen molar-refractivity contribution in [3.8, 4) is 0 Å². The van der Waals surface area contributed by atoms with Gasteiger partial charge >= 0.3 is 0 Å². The van der Waals surface area contributed by atoms with Crippen molar-refractivity contribution in [3.05, 3.63) is 45.6 Å². The Labute approximate surface area is 142 Å². The zero-order valence-electron chi connectivity index (χ0n) is 12.4. The number of hydrogen-bond donors (Lipinski definition) is 1. The minimum absolute atomic E-state index is 0. The van der Waals surface area contributed by atoms with Gasteiger partial charge < -0.3 is 5.11 Å². The Morgan fingerprint density at radius 3 is 1.42 bits per heavy atom. The molecule has 2 rings (SSSR count). The molecule has 0 saturated heterocycles. The Balaban J connectivity index is 0.00000162. The van der Waals surface area contributed by atoms with E-state index in [1.807, 2.05) is 6.92 Å². The summed E-state index contributed by atoms with van der Waals surface area (Å²) in [5.74, 6) is 0. The predicted molar refractivity (Wildman–Crippen MR) is 80.0 cm³/mol. The number of rotatable bonds is 2. The van der Waals surface area contributed by atoms with Crippen molar-refractivity contribution in [1.29, 1.82) is 0 Å². The van der Waals surface area contributed by atoms with E-state index in [1.54, 1.807) is 0 Å². The molecule has 0 aromatic carbocycles. The molecule has 0 radical (unpaired) electrons. The van der Waals surface area contributed by atoms with Crippen LogP contribution in [0.3, 0.4) is 0 Å². The van der Waals surface area contributed by atoms with Crippen LogP contribution in [-0.2, 0) is 26.2 Å². The molecular formula is C16H23ClOZr. The molecule has 104 valence electrons. The first-order valence-corrected chi connectivity index (χ1v) is 6.32. The minimum atomic E-state index is -0.781. The second kappa shape index (κ2) is 6.70. The van der Waals surface area contributed by atoms with E-state index in [1.165, 1.54) is 33.4 Å². The van der Waals surface area contributed by atoms with E-state index in [9.17, 15) is 5.11 Å². The molecule has 0 fully saturated rings. The summed E-state index contributed by atoms with van der Waals surface area (Å²) in [5.41, 5.74) is 6.71. The molecule has 1 N–H and O–H groups in total. The third-order valence-electron chi connectivity index (χ3n) is 4.49. The van der Waals surface area contributed by atoms with Gasteiger partial charge in [0.2, 0.25) is 0 Å². The maximum atomic E-state index is 10.9. The third-order valence-corrected chi connectivity index (χ3v) is 4.49. The van der Waals surface area contributed by atoms with Crippen molar-refractivity contribution < 1.29 is 31.3 Å². The van der Waals surface area contributed by atoms with Gasteiger partial charge in [0.15, 0.2) is 0 Å². The van der Waals surface area contributed by atoms with Crippen molar-refractivity contribution in [3.63, 3.8) is 0 Å². The normalized spacial score (nSPS) is 19.1. The van der Waals surface area contributed by atoms with Crippen LogP contribution in [0.2, 0.25) is 0 Å². The van der Waals surface area contributed by atoms with Crippen LogP contribution in [0, 0.1) is 0 Å². The summed E-state index contributed by atoms with van der Waals surface area (Å²) in [6, 6.07) is 0. The molecule has 0 heterocycles. The number of allylic oxidation sites excluding steroid dienone is 6. The molecule has 0 aliphatic heterocycles. The Hall–Kier alpha value is 0.0931. The largest absolute Gasteiger partial charge is 0.381 e. The molecule has 0 saturated carbocycles. The van der Waals surface area contributed by atoms with E-state index < -0.39 is 5.60 Å². The molecule has 3 heteroatoms. The molecule has 0 aromatic heterocycles.